The predicted molar refractivity (Wildman–Crippen MR) is 102 cm³/mol. The smallest absolute Gasteiger partial charge is 0.303 e. The molecule has 0 saturated carbocycles. The number of alkyl halides is 1. The maximum absolute atomic E-state index is 10.7. The number of imidazole rings is 1. The lowest BCUT2D eigenvalue weighted by molar-refractivity contribution is -0.137. The number of carbonyl (C=O) groups is 1. The Morgan fingerprint density at radius 3 is 2.96 bits per heavy atom. The number of aliphatic carboxylic acids is 1. The highest BCUT2D eigenvalue weighted by Gasteiger charge is 2.22. The zero-order valence-corrected chi connectivity index (χ0v) is 15.9. The number of fused-ring (bicyclic) bond motifs is 3. The van der Waals surface area contributed by atoms with Gasteiger partial charge < -0.3 is 14.6 Å². The van der Waals surface area contributed by atoms with E-state index in [1.54, 1.807) is 0 Å². The van der Waals surface area contributed by atoms with Crippen LogP contribution in [-0.4, -0.2) is 45.3 Å². The fourth-order valence-corrected chi connectivity index (χ4v) is 4.35. The first-order valence-electron chi connectivity index (χ1n) is 7.75. The van der Waals surface area contributed by atoms with Crippen LogP contribution in [0, 0.1) is 0 Å². The molecule has 5 nitrogen and oxygen atoms in total. The first kappa shape index (κ1) is 19.2. The highest BCUT2D eigenvalue weighted by Crippen LogP contribution is 2.40. The molecule has 1 aliphatic rings. The summed E-state index contributed by atoms with van der Waals surface area (Å²) in [5.41, 5.74) is 3.35. The van der Waals surface area contributed by atoms with Gasteiger partial charge in [-0.1, -0.05) is 0 Å². The molecule has 1 N–H and O–H groups in total. The van der Waals surface area contributed by atoms with Crippen molar-refractivity contribution < 1.29 is 9.90 Å². The Morgan fingerprint density at radius 2 is 2.25 bits per heavy atom. The summed E-state index contributed by atoms with van der Waals surface area (Å²) in [7, 11) is 2.00. The van der Waals surface area contributed by atoms with Crippen LogP contribution in [-0.2, 0) is 18.3 Å². The van der Waals surface area contributed by atoms with E-state index in [1.807, 2.05) is 18.8 Å². The van der Waals surface area contributed by atoms with Crippen molar-refractivity contribution in [3.63, 3.8) is 0 Å². The lowest BCUT2D eigenvalue weighted by Crippen LogP contribution is -2.30. The van der Waals surface area contributed by atoms with Crippen LogP contribution >= 0.6 is 35.8 Å². The largest absolute Gasteiger partial charge is 0.481 e. The minimum Gasteiger partial charge on any atom is -0.481 e. The standard InChI is InChI=1S/C16H20ClN3O2S.ClH/c1-19-11-5-6-12-16(23-10-9-20(12)8-7-17)15(11)18-13(19)3-2-4-14(21)22;/h5-6H,2-4,7-10H2,1H3,(H,21,22);1H. The van der Waals surface area contributed by atoms with E-state index < -0.39 is 5.97 Å². The molecule has 2 heterocycles. The van der Waals surface area contributed by atoms with Crippen LogP contribution in [0.25, 0.3) is 11.0 Å². The van der Waals surface area contributed by atoms with Gasteiger partial charge in [0, 0.05) is 44.6 Å². The van der Waals surface area contributed by atoms with E-state index in [0.717, 1.165) is 35.7 Å². The number of halogens is 2. The molecule has 24 heavy (non-hydrogen) atoms. The SMILES string of the molecule is Cl.Cn1c(CCCC(=O)O)nc2c3c(ccc21)N(CCCl)CCS3. The molecular weight excluding hydrogens is 369 g/mol. The summed E-state index contributed by atoms with van der Waals surface area (Å²) < 4.78 is 2.08. The van der Waals surface area contributed by atoms with Gasteiger partial charge in [-0.15, -0.1) is 35.8 Å². The molecule has 2 aromatic rings. The highest BCUT2D eigenvalue weighted by molar-refractivity contribution is 7.99. The van der Waals surface area contributed by atoms with Crippen LogP contribution in [0.1, 0.15) is 18.7 Å². The number of hydrogen-bond donors (Lipinski definition) is 1. The summed E-state index contributed by atoms with van der Waals surface area (Å²) in [6.07, 6.45) is 1.47. The maximum Gasteiger partial charge on any atom is 0.303 e. The van der Waals surface area contributed by atoms with E-state index in [9.17, 15) is 4.79 Å². The second-order valence-corrected chi connectivity index (χ2v) is 7.12. The van der Waals surface area contributed by atoms with Crippen LogP contribution in [0.5, 0.6) is 0 Å². The Labute approximate surface area is 156 Å². The van der Waals surface area contributed by atoms with Crippen LogP contribution in [0.2, 0.25) is 0 Å². The van der Waals surface area contributed by atoms with Gasteiger partial charge >= 0.3 is 5.97 Å². The number of carboxylic acid groups (broad SMARTS) is 1. The molecule has 3 rings (SSSR count). The van der Waals surface area contributed by atoms with E-state index in [1.165, 1.54) is 10.6 Å². The number of anilines is 1. The summed E-state index contributed by atoms with van der Waals surface area (Å²) in [4.78, 5) is 19.0. The molecule has 132 valence electrons. The van der Waals surface area contributed by atoms with Gasteiger partial charge in [-0.25, -0.2) is 4.98 Å². The van der Waals surface area contributed by atoms with Crippen molar-refractivity contribution in [3.05, 3.63) is 18.0 Å². The molecule has 0 fully saturated rings. The molecule has 0 bridgehead atoms. The molecule has 1 aromatic carbocycles. The fraction of sp³-hybridized carbons (Fsp3) is 0.500. The van der Waals surface area contributed by atoms with E-state index in [-0.39, 0.29) is 18.8 Å². The van der Waals surface area contributed by atoms with Crippen molar-refractivity contribution in [3.8, 4) is 0 Å². The molecule has 0 amide bonds. The molecule has 0 radical (unpaired) electrons. The third-order valence-corrected chi connectivity index (χ3v) is 5.42. The zero-order valence-electron chi connectivity index (χ0n) is 13.5. The van der Waals surface area contributed by atoms with E-state index in [4.69, 9.17) is 21.7 Å². The molecule has 1 aliphatic heterocycles. The number of benzene rings is 1. The maximum atomic E-state index is 10.7. The first-order chi connectivity index (χ1) is 11.1. The van der Waals surface area contributed by atoms with Crippen LogP contribution < -0.4 is 4.90 Å². The average Bonchev–Trinajstić information content (AvgIpc) is 2.85. The molecule has 0 atom stereocenters. The van der Waals surface area contributed by atoms with E-state index >= 15 is 0 Å². The Hall–Kier alpha value is -1.11. The monoisotopic (exact) mass is 389 g/mol. The van der Waals surface area contributed by atoms with Gasteiger partial charge in [-0.3, -0.25) is 4.79 Å². The number of hydrogen-bond acceptors (Lipinski definition) is 4. The first-order valence-corrected chi connectivity index (χ1v) is 9.27. The Morgan fingerprint density at radius 1 is 1.46 bits per heavy atom. The normalized spacial score (nSPS) is 13.7. The highest BCUT2D eigenvalue weighted by atomic mass is 35.5. The van der Waals surface area contributed by atoms with Crippen LogP contribution in [0.3, 0.4) is 0 Å². The second kappa shape index (κ2) is 8.32. The predicted octanol–water partition coefficient (Wildman–Crippen LogP) is 3.55. The number of carboxylic acids is 1. The third kappa shape index (κ3) is 3.76. The second-order valence-electron chi connectivity index (χ2n) is 5.64. The summed E-state index contributed by atoms with van der Waals surface area (Å²) in [6, 6.07) is 4.26. The van der Waals surface area contributed by atoms with Crippen LogP contribution in [0.15, 0.2) is 17.0 Å². The molecular formula is C16H21Cl2N3O2S. The van der Waals surface area contributed by atoms with Gasteiger partial charge in [0.05, 0.1) is 16.1 Å². The van der Waals surface area contributed by atoms with Gasteiger partial charge in [0.1, 0.15) is 11.3 Å². The lowest BCUT2D eigenvalue weighted by atomic mass is 10.2. The topological polar surface area (TPSA) is 58.4 Å². The average molecular weight is 390 g/mol. The van der Waals surface area contributed by atoms with Crippen molar-refractivity contribution in [2.45, 2.75) is 24.2 Å². The number of nitrogens with zero attached hydrogens (tertiary/aromatic N) is 3. The zero-order chi connectivity index (χ0) is 16.4. The number of aryl methyl sites for hydroxylation is 2. The van der Waals surface area contributed by atoms with Crippen molar-refractivity contribution in [1.82, 2.24) is 9.55 Å². The number of thioether (sulfide) groups is 1. The van der Waals surface area contributed by atoms with Gasteiger partial charge in [-0.05, 0) is 18.6 Å². The van der Waals surface area contributed by atoms with Gasteiger partial charge in [0.25, 0.3) is 0 Å². The lowest BCUT2D eigenvalue weighted by Gasteiger charge is -2.30. The summed E-state index contributed by atoms with van der Waals surface area (Å²) in [5, 5.41) is 8.79. The van der Waals surface area contributed by atoms with Crippen molar-refractivity contribution in [2.75, 3.05) is 29.6 Å². The Kier molecular flexibility index (Phi) is 6.66. The number of aromatic nitrogens is 2. The summed E-state index contributed by atoms with van der Waals surface area (Å²) in [5.74, 6) is 1.84. The number of rotatable bonds is 6. The Balaban J connectivity index is 0.00000208. The summed E-state index contributed by atoms with van der Waals surface area (Å²) in [6.45, 7) is 1.85. The molecule has 0 aliphatic carbocycles. The molecule has 0 unspecified atom stereocenters. The van der Waals surface area contributed by atoms with E-state index in [2.05, 4.69) is 21.6 Å². The third-order valence-electron chi connectivity index (χ3n) is 4.17. The van der Waals surface area contributed by atoms with E-state index in [0.29, 0.717) is 18.7 Å². The minimum atomic E-state index is -0.756. The van der Waals surface area contributed by atoms with Crippen LogP contribution in [0.4, 0.5) is 5.69 Å². The van der Waals surface area contributed by atoms with Gasteiger partial charge in [0.2, 0.25) is 0 Å². The summed E-state index contributed by atoms with van der Waals surface area (Å²) >= 11 is 7.76. The van der Waals surface area contributed by atoms with Crippen molar-refractivity contribution in [1.29, 1.82) is 0 Å². The minimum absolute atomic E-state index is 0. The fourth-order valence-electron chi connectivity index (χ4n) is 3.00. The quantitative estimate of drug-likeness (QED) is 0.765. The van der Waals surface area contributed by atoms with Crippen molar-refractivity contribution in [2.24, 2.45) is 7.05 Å². The molecule has 0 spiro atoms. The molecule has 0 saturated heterocycles. The Bertz CT molecular complexity index is 736. The molecule has 8 heteroatoms. The molecule has 1 aromatic heterocycles. The van der Waals surface area contributed by atoms with Gasteiger partial charge in [-0.2, -0.15) is 0 Å². The van der Waals surface area contributed by atoms with Crippen molar-refractivity contribution >= 4 is 58.5 Å². The van der Waals surface area contributed by atoms with Gasteiger partial charge in [0.15, 0.2) is 0 Å².